The first-order chi connectivity index (χ1) is 9.62. The van der Waals surface area contributed by atoms with Crippen molar-refractivity contribution in [3.63, 3.8) is 0 Å². The largest absolute Gasteiger partial charge is 0.493 e. The van der Waals surface area contributed by atoms with Crippen molar-refractivity contribution in [2.45, 2.75) is 6.04 Å². The Kier molecular flexibility index (Phi) is 5.29. The summed E-state index contributed by atoms with van der Waals surface area (Å²) in [6, 6.07) is 3.49. The summed E-state index contributed by atoms with van der Waals surface area (Å²) in [5.41, 5.74) is 4.74. The Labute approximate surface area is 134 Å². The maximum atomic E-state index is 6.23. The van der Waals surface area contributed by atoms with Gasteiger partial charge in [-0.15, -0.1) is 0 Å². The van der Waals surface area contributed by atoms with Gasteiger partial charge in [0.25, 0.3) is 0 Å². The van der Waals surface area contributed by atoms with Crippen LogP contribution >= 0.6 is 38.9 Å². The number of hydrogen-bond donors (Lipinski definition) is 2. The molecule has 1 unspecified atom stereocenters. The molecule has 0 bridgehead atoms. The highest BCUT2D eigenvalue weighted by atomic mass is 79.9. The Hall–Kier alpha value is -0.790. The van der Waals surface area contributed by atoms with E-state index in [1.165, 1.54) is 0 Å². The minimum atomic E-state index is -0.187. The van der Waals surface area contributed by atoms with Crippen molar-refractivity contribution in [3.8, 4) is 11.5 Å². The van der Waals surface area contributed by atoms with Crippen LogP contribution in [0.2, 0.25) is 5.02 Å². The molecule has 0 aliphatic rings. The fraction of sp³-hybridized carbons (Fsp3) is 0.231. The Morgan fingerprint density at radius 3 is 2.55 bits per heavy atom. The first kappa shape index (κ1) is 15.6. The molecule has 4 nitrogen and oxygen atoms in total. The lowest BCUT2D eigenvalue weighted by atomic mass is 10.0. The van der Waals surface area contributed by atoms with Gasteiger partial charge in [0.2, 0.25) is 0 Å². The third-order valence-corrected chi connectivity index (χ3v) is 4.94. The average molecular weight is 378 g/mol. The molecule has 1 aromatic carbocycles. The number of benzene rings is 1. The summed E-state index contributed by atoms with van der Waals surface area (Å²) in [7, 11) is 3.13. The third kappa shape index (κ3) is 2.94. The van der Waals surface area contributed by atoms with Crippen molar-refractivity contribution in [2.24, 2.45) is 5.84 Å². The molecule has 0 saturated heterocycles. The molecule has 7 heteroatoms. The van der Waals surface area contributed by atoms with Gasteiger partial charge in [0.1, 0.15) is 0 Å². The van der Waals surface area contributed by atoms with Gasteiger partial charge in [0.15, 0.2) is 11.5 Å². The van der Waals surface area contributed by atoms with Gasteiger partial charge in [0, 0.05) is 9.85 Å². The molecule has 0 aliphatic heterocycles. The van der Waals surface area contributed by atoms with E-state index in [1.54, 1.807) is 25.6 Å². The number of rotatable bonds is 5. The van der Waals surface area contributed by atoms with E-state index in [4.69, 9.17) is 26.9 Å². The number of nitrogens with one attached hydrogen (secondary N) is 1. The lowest BCUT2D eigenvalue weighted by molar-refractivity contribution is 0.354. The first-order valence-electron chi connectivity index (χ1n) is 5.71. The molecular formula is C13H14BrClN2O2S. The summed E-state index contributed by atoms with van der Waals surface area (Å²) >= 11 is 11.3. The Morgan fingerprint density at radius 2 is 2.05 bits per heavy atom. The van der Waals surface area contributed by atoms with Gasteiger partial charge in [-0.2, -0.15) is 11.3 Å². The van der Waals surface area contributed by atoms with Gasteiger partial charge < -0.3 is 9.47 Å². The van der Waals surface area contributed by atoms with Gasteiger partial charge in [0.05, 0.1) is 25.3 Å². The second kappa shape index (κ2) is 6.78. The molecular weight excluding hydrogens is 364 g/mol. The standard InChI is InChI=1S/C13H14BrClN2O2S/c1-18-11-4-7(3-10(15)13(11)19-2)12(17-16)8-5-20-6-9(8)14/h3-6,12,17H,16H2,1-2H3. The maximum Gasteiger partial charge on any atom is 0.179 e. The molecule has 0 saturated carbocycles. The van der Waals surface area contributed by atoms with Crippen LogP contribution in [0.25, 0.3) is 0 Å². The Morgan fingerprint density at radius 1 is 1.30 bits per heavy atom. The van der Waals surface area contributed by atoms with Gasteiger partial charge in [-0.3, -0.25) is 5.84 Å². The van der Waals surface area contributed by atoms with Crippen molar-refractivity contribution in [1.29, 1.82) is 0 Å². The third-order valence-electron chi connectivity index (χ3n) is 2.91. The average Bonchev–Trinajstić information content (AvgIpc) is 2.85. The topological polar surface area (TPSA) is 56.5 Å². The predicted octanol–water partition coefficient (Wildman–Crippen LogP) is 3.73. The molecule has 0 radical (unpaired) electrons. The predicted molar refractivity (Wildman–Crippen MR) is 85.7 cm³/mol. The zero-order chi connectivity index (χ0) is 14.7. The maximum absolute atomic E-state index is 6.23. The van der Waals surface area contributed by atoms with Crippen LogP contribution in [0.3, 0.4) is 0 Å². The van der Waals surface area contributed by atoms with Crippen molar-refractivity contribution in [1.82, 2.24) is 5.43 Å². The van der Waals surface area contributed by atoms with E-state index in [0.717, 1.165) is 15.6 Å². The molecule has 0 fully saturated rings. The lowest BCUT2D eigenvalue weighted by Crippen LogP contribution is -2.28. The van der Waals surface area contributed by atoms with Crippen LogP contribution in [-0.2, 0) is 0 Å². The Balaban J connectivity index is 2.51. The monoisotopic (exact) mass is 376 g/mol. The normalized spacial score (nSPS) is 12.2. The fourth-order valence-corrected chi connectivity index (χ4v) is 3.82. The highest BCUT2D eigenvalue weighted by Crippen LogP contribution is 2.40. The summed E-state index contributed by atoms with van der Waals surface area (Å²) in [4.78, 5) is 0. The van der Waals surface area contributed by atoms with Gasteiger partial charge in [-0.1, -0.05) is 11.6 Å². The van der Waals surface area contributed by atoms with E-state index in [-0.39, 0.29) is 6.04 Å². The van der Waals surface area contributed by atoms with E-state index in [9.17, 15) is 0 Å². The Bertz CT molecular complexity index is 606. The molecule has 108 valence electrons. The zero-order valence-electron chi connectivity index (χ0n) is 10.9. The number of thiophene rings is 1. The van der Waals surface area contributed by atoms with Crippen LogP contribution in [0.4, 0.5) is 0 Å². The minimum Gasteiger partial charge on any atom is -0.493 e. The second-order valence-electron chi connectivity index (χ2n) is 4.01. The van der Waals surface area contributed by atoms with E-state index >= 15 is 0 Å². The van der Waals surface area contributed by atoms with E-state index in [1.807, 2.05) is 22.9 Å². The molecule has 2 rings (SSSR count). The number of ether oxygens (including phenoxy) is 2. The number of nitrogens with two attached hydrogens (primary N) is 1. The zero-order valence-corrected chi connectivity index (χ0v) is 14.1. The highest BCUT2D eigenvalue weighted by molar-refractivity contribution is 9.10. The van der Waals surface area contributed by atoms with Crippen molar-refractivity contribution in [3.05, 3.63) is 43.5 Å². The summed E-state index contributed by atoms with van der Waals surface area (Å²) in [6.45, 7) is 0. The fourth-order valence-electron chi connectivity index (χ4n) is 1.97. The molecule has 3 N–H and O–H groups in total. The van der Waals surface area contributed by atoms with Crippen LogP contribution < -0.4 is 20.7 Å². The van der Waals surface area contributed by atoms with Crippen LogP contribution in [0.1, 0.15) is 17.2 Å². The van der Waals surface area contributed by atoms with E-state index in [2.05, 4.69) is 21.4 Å². The number of hydrogen-bond acceptors (Lipinski definition) is 5. The van der Waals surface area contributed by atoms with E-state index in [0.29, 0.717) is 16.5 Å². The molecule has 0 amide bonds. The van der Waals surface area contributed by atoms with Crippen LogP contribution in [0.15, 0.2) is 27.4 Å². The summed E-state index contributed by atoms with van der Waals surface area (Å²) in [5.74, 6) is 6.78. The molecule has 1 atom stereocenters. The van der Waals surface area contributed by atoms with Gasteiger partial charge in [-0.25, -0.2) is 5.43 Å². The van der Waals surface area contributed by atoms with Crippen molar-refractivity contribution in [2.75, 3.05) is 14.2 Å². The molecule has 20 heavy (non-hydrogen) atoms. The van der Waals surface area contributed by atoms with Gasteiger partial charge >= 0.3 is 0 Å². The molecule has 0 spiro atoms. The molecule has 1 aromatic heterocycles. The van der Waals surface area contributed by atoms with E-state index < -0.39 is 0 Å². The quantitative estimate of drug-likeness (QED) is 0.616. The lowest BCUT2D eigenvalue weighted by Gasteiger charge is -2.19. The van der Waals surface area contributed by atoms with Crippen LogP contribution in [-0.4, -0.2) is 14.2 Å². The summed E-state index contributed by atoms with van der Waals surface area (Å²) in [6.07, 6.45) is 0. The second-order valence-corrected chi connectivity index (χ2v) is 6.02. The number of hydrazine groups is 1. The first-order valence-corrected chi connectivity index (χ1v) is 7.82. The van der Waals surface area contributed by atoms with Crippen LogP contribution in [0, 0.1) is 0 Å². The minimum absolute atomic E-state index is 0.187. The molecule has 0 aliphatic carbocycles. The smallest absolute Gasteiger partial charge is 0.179 e. The highest BCUT2D eigenvalue weighted by Gasteiger charge is 2.20. The number of methoxy groups -OCH3 is 2. The summed E-state index contributed by atoms with van der Waals surface area (Å²) < 4.78 is 11.5. The summed E-state index contributed by atoms with van der Waals surface area (Å²) in [5, 5.41) is 4.51. The molecule has 1 heterocycles. The van der Waals surface area contributed by atoms with Crippen molar-refractivity contribution >= 4 is 38.9 Å². The molecule has 2 aromatic rings. The van der Waals surface area contributed by atoms with Crippen LogP contribution in [0.5, 0.6) is 11.5 Å². The van der Waals surface area contributed by atoms with Gasteiger partial charge in [-0.05, 0) is 44.6 Å². The van der Waals surface area contributed by atoms with Crippen molar-refractivity contribution < 1.29 is 9.47 Å². The SMILES string of the molecule is COc1cc(C(NN)c2cscc2Br)cc(Cl)c1OC. The number of halogens is 2.